The average Bonchev–Trinajstić information content (AvgIpc) is 2.82. The molecule has 0 bridgehead atoms. The van der Waals surface area contributed by atoms with Gasteiger partial charge in [-0.2, -0.15) is 0 Å². The molecule has 2 aliphatic rings. The predicted octanol–water partition coefficient (Wildman–Crippen LogP) is 1.41. The Morgan fingerprint density at radius 1 is 1.39 bits per heavy atom. The fourth-order valence-corrected chi connectivity index (χ4v) is 3.82. The van der Waals surface area contributed by atoms with Gasteiger partial charge in [-0.25, -0.2) is 0 Å². The monoisotopic (exact) mass is 348 g/mol. The minimum atomic E-state index is -0.439. The Kier molecular flexibility index (Phi) is 2.98. The van der Waals surface area contributed by atoms with Gasteiger partial charge in [0.25, 0.3) is 0 Å². The second-order valence-corrected chi connectivity index (χ2v) is 6.48. The van der Waals surface area contributed by atoms with Crippen molar-refractivity contribution < 1.29 is 9.53 Å². The van der Waals surface area contributed by atoms with Crippen LogP contribution in [0.1, 0.15) is 18.0 Å². The zero-order valence-electron chi connectivity index (χ0n) is 10.2. The standard InChI is InChI=1S/C14H14NO2.Sn/c1-15-10-9-14(8-7-12(16)17-14)13(15)11-5-3-2-4-6-11;/h2-6,8,13H,9-10H2,1H3;/t13-,14?;/m0./s1. The van der Waals surface area contributed by atoms with Crippen molar-refractivity contribution in [2.75, 3.05) is 13.6 Å². The summed E-state index contributed by atoms with van der Waals surface area (Å²) >= 11 is 1.14. The fourth-order valence-electron chi connectivity index (χ4n) is 2.98. The summed E-state index contributed by atoms with van der Waals surface area (Å²) in [4.78, 5) is 14.0. The molecule has 18 heavy (non-hydrogen) atoms. The molecule has 3 nitrogen and oxygen atoms in total. The Bertz CT molecular complexity index is 514. The van der Waals surface area contributed by atoms with E-state index < -0.39 is 5.60 Å². The normalized spacial score (nSPS) is 31.8. The van der Waals surface area contributed by atoms with Gasteiger partial charge < -0.3 is 0 Å². The Labute approximate surface area is 120 Å². The van der Waals surface area contributed by atoms with E-state index in [0.717, 1.165) is 39.1 Å². The molecular weight excluding hydrogens is 333 g/mol. The van der Waals surface area contributed by atoms with E-state index in [0.29, 0.717) is 0 Å². The van der Waals surface area contributed by atoms with Crippen LogP contribution in [0.4, 0.5) is 0 Å². The number of rotatable bonds is 1. The molecular formula is C14H14NO2Sn. The molecule has 3 radical (unpaired) electrons. The molecule has 91 valence electrons. The van der Waals surface area contributed by atoms with Crippen molar-refractivity contribution in [1.82, 2.24) is 4.90 Å². The van der Waals surface area contributed by atoms with E-state index in [1.165, 1.54) is 5.56 Å². The van der Waals surface area contributed by atoms with Crippen LogP contribution in [0.5, 0.6) is 0 Å². The molecule has 1 spiro atoms. The fraction of sp³-hybridized carbons (Fsp3) is 0.357. The number of hydrogen-bond acceptors (Lipinski definition) is 3. The molecule has 0 saturated carbocycles. The van der Waals surface area contributed by atoms with Crippen LogP contribution in [-0.2, 0) is 9.53 Å². The second-order valence-electron chi connectivity index (χ2n) is 4.95. The molecule has 0 aromatic heterocycles. The molecule has 2 aliphatic heterocycles. The third kappa shape index (κ3) is 1.80. The van der Waals surface area contributed by atoms with E-state index in [-0.39, 0.29) is 12.0 Å². The van der Waals surface area contributed by atoms with Crippen molar-refractivity contribution in [2.24, 2.45) is 0 Å². The number of carbonyl (C=O) groups excluding carboxylic acids is 1. The van der Waals surface area contributed by atoms with Crippen LogP contribution in [0.3, 0.4) is 0 Å². The van der Waals surface area contributed by atoms with Crippen molar-refractivity contribution in [1.29, 1.82) is 0 Å². The first-order valence-electron chi connectivity index (χ1n) is 6.05. The maximum atomic E-state index is 11.7. The quantitative estimate of drug-likeness (QED) is 0.569. The summed E-state index contributed by atoms with van der Waals surface area (Å²) in [6.07, 6.45) is 2.93. The van der Waals surface area contributed by atoms with E-state index in [2.05, 4.69) is 30.2 Å². The summed E-state index contributed by atoms with van der Waals surface area (Å²) < 4.78 is 6.53. The molecule has 0 amide bonds. The first-order chi connectivity index (χ1) is 8.62. The Morgan fingerprint density at radius 2 is 2.11 bits per heavy atom. The zero-order valence-corrected chi connectivity index (χ0v) is 13.1. The Balaban J connectivity index is 2.04. The number of esters is 1. The van der Waals surface area contributed by atoms with Gasteiger partial charge in [0.15, 0.2) is 0 Å². The summed E-state index contributed by atoms with van der Waals surface area (Å²) in [5, 5.41) is 0. The van der Waals surface area contributed by atoms with Crippen LogP contribution >= 0.6 is 0 Å². The van der Waals surface area contributed by atoms with Gasteiger partial charge in [0.05, 0.1) is 0 Å². The minimum absolute atomic E-state index is 0.135. The molecule has 1 unspecified atom stereocenters. The summed E-state index contributed by atoms with van der Waals surface area (Å²) in [5.74, 6) is -0.135. The van der Waals surface area contributed by atoms with Gasteiger partial charge >= 0.3 is 120 Å². The summed E-state index contributed by atoms with van der Waals surface area (Å²) in [6.45, 7) is 0.951. The molecule has 3 rings (SSSR count). The van der Waals surface area contributed by atoms with E-state index >= 15 is 0 Å². The third-order valence-corrected chi connectivity index (χ3v) is 4.76. The first kappa shape index (κ1) is 12.2. The van der Waals surface area contributed by atoms with Crippen LogP contribution in [0.15, 0.2) is 40.0 Å². The number of likely N-dealkylation sites (tertiary alicyclic amines) is 1. The number of carbonyl (C=O) groups is 1. The number of likely N-dealkylation sites (N-methyl/N-ethyl adjacent to an activating group) is 1. The van der Waals surface area contributed by atoms with Gasteiger partial charge in [0.1, 0.15) is 0 Å². The Morgan fingerprint density at radius 3 is 2.72 bits per heavy atom. The van der Waals surface area contributed by atoms with E-state index in [1.807, 2.05) is 18.2 Å². The zero-order chi connectivity index (χ0) is 12.8. The van der Waals surface area contributed by atoms with Gasteiger partial charge in [-0.3, -0.25) is 0 Å². The molecule has 1 fully saturated rings. The van der Waals surface area contributed by atoms with Crippen LogP contribution in [-0.4, -0.2) is 52.6 Å². The van der Waals surface area contributed by atoms with Crippen LogP contribution in [0.2, 0.25) is 0 Å². The van der Waals surface area contributed by atoms with Crippen LogP contribution in [0.25, 0.3) is 0 Å². The molecule has 2 heterocycles. The van der Waals surface area contributed by atoms with Gasteiger partial charge in [0, 0.05) is 0 Å². The SMILES string of the molecule is CN1CCC2(C=[C]([Sn])C(=O)O2)[C@@H]1c1ccccc1. The Hall–Kier alpha value is -0.811. The van der Waals surface area contributed by atoms with Crippen molar-refractivity contribution in [3.63, 3.8) is 0 Å². The number of ether oxygens (including phenoxy) is 1. The number of benzene rings is 1. The van der Waals surface area contributed by atoms with Gasteiger partial charge in [0.2, 0.25) is 0 Å². The van der Waals surface area contributed by atoms with E-state index in [1.54, 1.807) is 0 Å². The van der Waals surface area contributed by atoms with Gasteiger partial charge in [-0.15, -0.1) is 0 Å². The molecule has 0 aliphatic carbocycles. The van der Waals surface area contributed by atoms with Crippen LogP contribution in [0, 0.1) is 0 Å². The van der Waals surface area contributed by atoms with Crippen LogP contribution < -0.4 is 0 Å². The van der Waals surface area contributed by atoms with Crippen molar-refractivity contribution in [2.45, 2.75) is 18.1 Å². The van der Waals surface area contributed by atoms with Gasteiger partial charge in [-0.05, 0) is 0 Å². The topological polar surface area (TPSA) is 29.5 Å². The van der Waals surface area contributed by atoms with E-state index in [4.69, 9.17) is 4.74 Å². The van der Waals surface area contributed by atoms with E-state index in [9.17, 15) is 4.79 Å². The average molecular weight is 347 g/mol. The third-order valence-electron chi connectivity index (χ3n) is 3.77. The number of hydrogen-bond donors (Lipinski definition) is 0. The van der Waals surface area contributed by atoms with Crippen molar-refractivity contribution >= 4 is 28.5 Å². The summed E-state index contributed by atoms with van der Waals surface area (Å²) in [6, 6.07) is 10.4. The molecule has 1 aromatic carbocycles. The maximum absolute atomic E-state index is 11.7. The first-order valence-corrected chi connectivity index (χ1v) is 7.48. The molecule has 1 saturated heterocycles. The molecule has 0 N–H and O–H groups in total. The second kappa shape index (κ2) is 4.38. The van der Waals surface area contributed by atoms with Crippen molar-refractivity contribution in [3.8, 4) is 0 Å². The molecule has 1 aromatic rings. The predicted molar refractivity (Wildman–Crippen MR) is 69.1 cm³/mol. The van der Waals surface area contributed by atoms with Gasteiger partial charge in [-0.1, -0.05) is 0 Å². The van der Waals surface area contributed by atoms with Crippen molar-refractivity contribution in [3.05, 3.63) is 45.6 Å². The molecule has 4 heteroatoms. The summed E-state index contributed by atoms with van der Waals surface area (Å²) in [7, 11) is 2.09. The summed E-state index contributed by atoms with van der Waals surface area (Å²) in [5.41, 5.74) is 0.776. The number of nitrogens with zero attached hydrogens (tertiary/aromatic N) is 1. The molecule has 2 atom stereocenters.